The lowest BCUT2D eigenvalue weighted by molar-refractivity contribution is -0.577. The molecule has 10 heteroatoms. The molecule has 1 saturated carbocycles. The van der Waals surface area contributed by atoms with E-state index in [-0.39, 0.29) is 29.6 Å². The van der Waals surface area contributed by atoms with E-state index in [1.54, 1.807) is 35.7 Å². The van der Waals surface area contributed by atoms with Gasteiger partial charge in [-0.15, -0.1) is 23.5 Å². The van der Waals surface area contributed by atoms with Crippen LogP contribution < -0.4 is 0 Å². The highest BCUT2D eigenvalue weighted by atomic mass is 32.2. The van der Waals surface area contributed by atoms with Crippen LogP contribution in [0.1, 0.15) is 71.9 Å². The first-order chi connectivity index (χ1) is 25.7. The highest BCUT2D eigenvalue weighted by Crippen LogP contribution is 2.61. The van der Waals surface area contributed by atoms with Crippen LogP contribution in [0.2, 0.25) is 0 Å². The second-order valence-electron chi connectivity index (χ2n) is 14.8. The summed E-state index contributed by atoms with van der Waals surface area (Å²) in [7, 11) is 0. The van der Waals surface area contributed by atoms with Crippen molar-refractivity contribution in [2.24, 2.45) is 23.7 Å². The number of thioether (sulfide) groups is 2. The number of carbonyl (C=O) groups is 2. The third-order valence-electron chi connectivity index (χ3n) is 11.3. The summed E-state index contributed by atoms with van der Waals surface area (Å²) in [4.78, 5) is 41.8. The van der Waals surface area contributed by atoms with Crippen molar-refractivity contribution in [2.45, 2.75) is 91.4 Å². The predicted molar refractivity (Wildman–Crippen MR) is 202 cm³/mol. The van der Waals surface area contributed by atoms with Gasteiger partial charge in [-0.05, 0) is 73.2 Å². The molecule has 0 radical (unpaired) electrons. The number of fused-ring (bicyclic) bond motifs is 2. The van der Waals surface area contributed by atoms with Crippen molar-refractivity contribution in [1.82, 2.24) is 0 Å². The molecule has 4 heterocycles. The summed E-state index contributed by atoms with van der Waals surface area (Å²) in [6.07, 6.45) is -0.386. The number of esters is 2. The maximum atomic E-state index is 13.8. The first-order valence-corrected chi connectivity index (χ1v) is 20.3. The molecule has 5 fully saturated rings. The fourth-order valence-electron chi connectivity index (χ4n) is 8.38. The third kappa shape index (κ3) is 7.42. The molecule has 2 bridgehead atoms. The average Bonchev–Trinajstić information content (AvgIpc) is 3.42. The van der Waals surface area contributed by atoms with E-state index < -0.39 is 36.0 Å². The second-order valence-corrected chi connectivity index (χ2v) is 16.9. The van der Waals surface area contributed by atoms with Gasteiger partial charge in [0.05, 0.1) is 11.1 Å². The minimum Gasteiger partial charge on any atom is -0.458 e. The zero-order valence-corrected chi connectivity index (χ0v) is 31.7. The van der Waals surface area contributed by atoms with Gasteiger partial charge in [-0.1, -0.05) is 86.6 Å². The van der Waals surface area contributed by atoms with Crippen LogP contribution in [0.3, 0.4) is 0 Å². The van der Waals surface area contributed by atoms with Crippen molar-refractivity contribution < 1.29 is 38.3 Å². The highest BCUT2D eigenvalue weighted by molar-refractivity contribution is 7.98. The molecule has 4 aromatic carbocycles. The topological polar surface area (TPSA) is 89.5 Å². The van der Waals surface area contributed by atoms with E-state index in [2.05, 4.69) is 31.2 Å². The van der Waals surface area contributed by atoms with E-state index >= 15 is 0 Å². The van der Waals surface area contributed by atoms with Gasteiger partial charge in [0.25, 0.3) is 0 Å². The number of carbonyl (C=O) groups excluding carboxylic acids is 2. The Labute approximate surface area is 319 Å². The summed E-state index contributed by atoms with van der Waals surface area (Å²) in [6.45, 7) is 5.96. The number of hydrogen-bond donors (Lipinski definition) is 0. The molecule has 53 heavy (non-hydrogen) atoms. The van der Waals surface area contributed by atoms with Gasteiger partial charge in [0, 0.05) is 45.5 Å². The largest absolute Gasteiger partial charge is 0.458 e. The number of ether oxygens (including phenoxy) is 4. The number of rotatable bonds is 10. The Bertz CT molecular complexity index is 1930. The smallest absolute Gasteiger partial charge is 0.340 e. The van der Waals surface area contributed by atoms with Crippen LogP contribution in [0.4, 0.5) is 0 Å². The molecular weight excluding hydrogens is 709 g/mol. The van der Waals surface area contributed by atoms with E-state index in [1.165, 1.54) is 11.1 Å². The van der Waals surface area contributed by atoms with Crippen molar-refractivity contribution in [1.29, 1.82) is 0 Å². The van der Waals surface area contributed by atoms with E-state index in [0.29, 0.717) is 24.0 Å². The fourth-order valence-corrected chi connectivity index (χ4v) is 10.2. The maximum absolute atomic E-state index is 13.8. The Morgan fingerprint density at radius 1 is 0.717 bits per heavy atom. The maximum Gasteiger partial charge on any atom is 0.340 e. The Kier molecular flexibility index (Phi) is 10.5. The molecule has 8 nitrogen and oxygen atoms in total. The van der Waals surface area contributed by atoms with Gasteiger partial charge in [-0.25, -0.2) is 19.4 Å². The van der Waals surface area contributed by atoms with Gasteiger partial charge in [0.2, 0.25) is 12.1 Å². The van der Waals surface area contributed by atoms with Crippen LogP contribution in [0, 0.1) is 23.7 Å². The minimum atomic E-state index is -1.03. The van der Waals surface area contributed by atoms with Crippen molar-refractivity contribution in [3.63, 3.8) is 0 Å². The lowest BCUT2D eigenvalue weighted by Crippen LogP contribution is -2.72. The van der Waals surface area contributed by atoms with Crippen LogP contribution in [-0.2, 0) is 40.2 Å². The summed E-state index contributed by atoms with van der Waals surface area (Å²) >= 11 is 3.35. The predicted octanol–water partition coefficient (Wildman–Crippen LogP) is 9.47. The molecule has 4 aromatic rings. The summed E-state index contributed by atoms with van der Waals surface area (Å²) in [5, 5.41) is 0. The standard InChI is InChI=1S/C43H44O8S2/c1-27-35-20-21-42(3)49-41-43(35,51-50-42)36(24-37(27)46-38(44)31-16-10-18-33(22-31)52-25-29-12-6-4-7-13-29)28(2)40(48-41)47-39(45)32-17-11-19-34(23-32)53-26-30-14-8-5-9-15-30/h4-19,22-23,27-28,35-37,40-41H,20-21,24-26H2,1-3H3/t27-,28+,35-,36-,37+,40+,41+,42-,43+/m0/s1. The van der Waals surface area contributed by atoms with Crippen molar-refractivity contribution >= 4 is 35.5 Å². The van der Waals surface area contributed by atoms with Gasteiger partial charge < -0.3 is 18.9 Å². The van der Waals surface area contributed by atoms with E-state index in [4.69, 9.17) is 28.7 Å². The average molecular weight is 753 g/mol. The minimum absolute atomic E-state index is 0.0768. The van der Waals surface area contributed by atoms with Gasteiger partial charge in [-0.3, -0.25) is 0 Å². The van der Waals surface area contributed by atoms with Crippen molar-refractivity contribution in [3.8, 4) is 0 Å². The lowest BCUT2D eigenvalue weighted by Gasteiger charge is -2.60. The van der Waals surface area contributed by atoms with Crippen molar-refractivity contribution in [3.05, 3.63) is 131 Å². The fraction of sp³-hybridized carbons (Fsp3) is 0.395. The summed E-state index contributed by atoms with van der Waals surface area (Å²) in [5.41, 5.74) is 2.43. The molecular formula is C43H44O8S2. The second kappa shape index (κ2) is 15.2. The van der Waals surface area contributed by atoms with Crippen molar-refractivity contribution in [2.75, 3.05) is 0 Å². The third-order valence-corrected chi connectivity index (χ3v) is 13.4. The quantitative estimate of drug-likeness (QED) is 0.0887. The van der Waals surface area contributed by atoms with Gasteiger partial charge >= 0.3 is 11.9 Å². The Morgan fingerprint density at radius 2 is 1.30 bits per heavy atom. The van der Waals surface area contributed by atoms with E-state index in [1.807, 2.05) is 86.6 Å². The van der Waals surface area contributed by atoms with Gasteiger partial charge in [0.15, 0.2) is 11.9 Å². The van der Waals surface area contributed by atoms with Crippen LogP contribution in [0.5, 0.6) is 0 Å². The first-order valence-electron chi connectivity index (χ1n) is 18.4. The molecule has 0 amide bonds. The summed E-state index contributed by atoms with van der Waals surface area (Å²) in [5.74, 6) is -1.03. The van der Waals surface area contributed by atoms with Crippen LogP contribution >= 0.6 is 23.5 Å². The summed E-state index contributed by atoms with van der Waals surface area (Å²) < 4.78 is 25.6. The van der Waals surface area contributed by atoms with Gasteiger partial charge in [-0.2, -0.15) is 0 Å². The monoisotopic (exact) mass is 752 g/mol. The Morgan fingerprint density at radius 3 is 1.91 bits per heavy atom. The summed E-state index contributed by atoms with van der Waals surface area (Å²) in [6, 6.07) is 35.6. The molecule has 0 N–H and O–H groups in total. The molecule has 1 aliphatic carbocycles. The zero-order chi connectivity index (χ0) is 36.6. The molecule has 9 rings (SSSR count). The Hall–Kier alpha value is -3.64. The molecule has 276 valence electrons. The molecule has 4 aliphatic heterocycles. The molecule has 0 aromatic heterocycles. The molecule has 5 aliphatic rings. The number of benzene rings is 4. The first kappa shape index (κ1) is 36.3. The normalized spacial score (nSPS) is 31.6. The number of hydrogen-bond acceptors (Lipinski definition) is 10. The van der Waals surface area contributed by atoms with Crippen LogP contribution in [0.25, 0.3) is 0 Å². The highest BCUT2D eigenvalue weighted by Gasteiger charge is 2.71. The molecule has 9 atom stereocenters. The van der Waals surface area contributed by atoms with E-state index in [9.17, 15) is 9.59 Å². The van der Waals surface area contributed by atoms with Gasteiger partial charge in [0.1, 0.15) is 6.10 Å². The molecule has 1 spiro atoms. The van der Waals surface area contributed by atoms with Crippen LogP contribution in [0.15, 0.2) is 119 Å². The SMILES string of the molecule is C[C@@H]1[C@H](OC(=O)c2cccc(SCc3ccccc3)c2)C[C@H]2[C@@H](C)[C@H](OC(=O)c3cccc(SCc4ccccc4)c3)O[C@@H]3O[C@]4(C)CC[C@@H]1[C@]32OO4. The zero-order valence-electron chi connectivity index (χ0n) is 30.1. The van der Waals surface area contributed by atoms with E-state index in [0.717, 1.165) is 27.7 Å². The molecule has 4 saturated heterocycles. The lowest BCUT2D eigenvalue weighted by atomic mass is 9.57. The Balaban J connectivity index is 0.994. The molecule has 0 unspecified atom stereocenters. The van der Waals surface area contributed by atoms with Crippen LogP contribution in [-0.4, -0.2) is 42.0 Å².